The van der Waals surface area contributed by atoms with E-state index in [0.717, 1.165) is 11.8 Å². The summed E-state index contributed by atoms with van der Waals surface area (Å²) in [5, 5.41) is 9.91. The van der Waals surface area contributed by atoms with Crippen molar-refractivity contribution >= 4 is 11.8 Å². The number of aromatic nitrogens is 3. The monoisotopic (exact) mass is 298 g/mol. The van der Waals surface area contributed by atoms with Crippen molar-refractivity contribution in [1.82, 2.24) is 20.5 Å². The molecule has 2 aromatic rings. The van der Waals surface area contributed by atoms with Crippen LogP contribution in [0.15, 0.2) is 22.2 Å². The number of halogens is 2. The van der Waals surface area contributed by atoms with Gasteiger partial charge in [0.25, 0.3) is 0 Å². The lowest BCUT2D eigenvalue weighted by Gasteiger charge is -2.10. The molecule has 1 aromatic heterocycles. The summed E-state index contributed by atoms with van der Waals surface area (Å²) >= 11 is 0.871. The van der Waals surface area contributed by atoms with Gasteiger partial charge in [-0.25, -0.2) is 13.8 Å². The Morgan fingerprint density at radius 1 is 1.30 bits per heavy atom. The molecule has 0 saturated carbocycles. The van der Waals surface area contributed by atoms with Crippen LogP contribution in [0.3, 0.4) is 0 Å². The van der Waals surface area contributed by atoms with Crippen molar-refractivity contribution in [1.29, 1.82) is 0 Å². The number of rotatable bonds is 5. The highest BCUT2D eigenvalue weighted by atomic mass is 32.2. The summed E-state index contributed by atoms with van der Waals surface area (Å²) in [6.07, 6.45) is 0. The minimum atomic E-state index is -0.599. The van der Waals surface area contributed by atoms with Crippen molar-refractivity contribution in [2.45, 2.75) is 43.4 Å². The van der Waals surface area contributed by atoms with E-state index in [0.29, 0.717) is 23.1 Å². The molecule has 4 nitrogen and oxygen atoms in total. The maximum atomic E-state index is 14.0. The number of H-pyrrole nitrogens is 1. The molecular formula is C13H16F2N4S. The smallest absolute Gasteiger partial charge is 0.213 e. The summed E-state index contributed by atoms with van der Waals surface area (Å²) in [7, 11) is 0. The van der Waals surface area contributed by atoms with Gasteiger partial charge < -0.3 is 5.32 Å². The molecule has 0 bridgehead atoms. The molecule has 0 aliphatic rings. The largest absolute Gasteiger partial charge is 0.310 e. The van der Waals surface area contributed by atoms with Crippen LogP contribution >= 0.6 is 11.8 Å². The topological polar surface area (TPSA) is 53.6 Å². The Bertz CT molecular complexity index is 575. The normalized spacial score (nSPS) is 11.3. The summed E-state index contributed by atoms with van der Waals surface area (Å²) in [5.74, 6) is -0.595. The minimum absolute atomic E-state index is 0.0858. The number of nitrogens with one attached hydrogen (secondary N) is 2. The predicted molar refractivity (Wildman–Crippen MR) is 73.6 cm³/mol. The van der Waals surface area contributed by atoms with Crippen molar-refractivity contribution < 1.29 is 8.78 Å². The second-order valence-corrected chi connectivity index (χ2v) is 5.71. The Kier molecular flexibility index (Phi) is 4.72. The van der Waals surface area contributed by atoms with E-state index < -0.39 is 11.6 Å². The molecule has 2 rings (SSSR count). The van der Waals surface area contributed by atoms with Gasteiger partial charge in [0.15, 0.2) is 0 Å². The Hall–Kier alpha value is -1.47. The van der Waals surface area contributed by atoms with Gasteiger partial charge in [0.2, 0.25) is 5.16 Å². The third-order valence-electron chi connectivity index (χ3n) is 2.54. The molecule has 0 radical (unpaired) electrons. The van der Waals surface area contributed by atoms with Crippen molar-refractivity contribution in [3.05, 3.63) is 35.2 Å². The lowest BCUT2D eigenvalue weighted by atomic mass is 10.2. The first-order valence-corrected chi connectivity index (χ1v) is 7.05. The van der Waals surface area contributed by atoms with Crippen LogP contribution in [0.4, 0.5) is 8.78 Å². The second-order valence-electron chi connectivity index (χ2n) is 4.73. The molecular weight excluding hydrogens is 282 g/mol. The van der Waals surface area contributed by atoms with Gasteiger partial charge >= 0.3 is 0 Å². The Labute approximate surface area is 120 Å². The van der Waals surface area contributed by atoms with Gasteiger partial charge in [-0.3, -0.25) is 5.10 Å². The highest BCUT2D eigenvalue weighted by Gasteiger charge is 2.15. The molecule has 1 aromatic carbocycles. The van der Waals surface area contributed by atoms with Crippen molar-refractivity contribution in [3.8, 4) is 0 Å². The molecule has 0 aliphatic carbocycles. The van der Waals surface area contributed by atoms with Gasteiger partial charge in [0, 0.05) is 12.6 Å². The summed E-state index contributed by atoms with van der Waals surface area (Å²) < 4.78 is 27.9. The van der Waals surface area contributed by atoms with Gasteiger partial charge in [0.1, 0.15) is 17.5 Å². The molecule has 7 heteroatoms. The molecule has 0 fully saturated rings. The van der Waals surface area contributed by atoms with E-state index in [4.69, 9.17) is 0 Å². The second kappa shape index (κ2) is 6.32. The van der Waals surface area contributed by atoms with E-state index >= 15 is 0 Å². The zero-order chi connectivity index (χ0) is 14.7. The molecule has 0 unspecified atom stereocenters. The minimum Gasteiger partial charge on any atom is -0.310 e. The first-order chi connectivity index (χ1) is 9.45. The van der Waals surface area contributed by atoms with Crippen LogP contribution in [0, 0.1) is 18.6 Å². The average Bonchev–Trinajstić information content (AvgIpc) is 2.77. The Morgan fingerprint density at radius 3 is 2.45 bits per heavy atom. The van der Waals surface area contributed by atoms with Crippen LogP contribution in [0.25, 0.3) is 0 Å². The zero-order valence-corrected chi connectivity index (χ0v) is 12.3. The third-order valence-corrected chi connectivity index (χ3v) is 3.50. The van der Waals surface area contributed by atoms with Crippen molar-refractivity contribution in [2.24, 2.45) is 0 Å². The molecule has 0 atom stereocenters. The summed E-state index contributed by atoms with van der Waals surface area (Å²) in [6.45, 7) is 6.10. The summed E-state index contributed by atoms with van der Waals surface area (Å²) in [5.41, 5.74) is 0.573. The number of hydrogen-bond donors (Lipinski definition) is 2. The fraction of sp³-hybridized carbons (Fsp3) is 0.385. The fourth-order valence-electron chi connectivity index (χ4n) is 1.59. The van der Waals surface area contributed by atoms with Crippen molar-refractivity contribution in [3.63, 3.8) is 0 Å². The van der Waals surface area contributed by atoms with Crippen LogP contribution in [0.2, 0.25) is 0 Å². The van der Waals surface area contributed by atoms with Crippen LogP contribution in [-0.2, 0) is 6.54 Å². The first-order valence-electron chi connectivity index (χ1n) is 6.24. The van der Waals surface area contributed by atoms with E-state index in [9.17, 15) is 8.78 Å². The number of hydrogen-bond acceptors (Lipinski definition) is 4. The van der Waals surface area contributed by atoms with E-state index in [2.05, 4.69) is 20.5 Å². The predicted octanol–water partition coefficient (Wildman–Crippen LogP) is 3.04. The molecule has 20 heavy (non-hydrogen) atoms. The molecule has 0 spiro atoms. The van der Waals surface area contributed by atoms with E-state index in [1.165, 1.54) is 12.1 Å². The van der Waals surface area contributed by atoms with Crippen molar-refractivity contribution in [2.75, 3.05) is 0 Å². The maximum Gasteiger partial charge on any atom is 0.213 e. The molecule has 108 valence electrons. The Balaban J connectivity index is 2.18. The average molecular weight is 298 g/mol. The van der Waals surface area contributed by atoms with Gasteiger partial charge in [-0.1, -0.05) is 13.8 Å². The number of nitrogens with zero attached hydrogens (tertiary/aromatic N) is 2. The Morgan fingerprint density at radius 2 is 1.95 bits per heavy atom. The van der Waals surface area contributed by atoms with Gasteiger partial charge in [-0.15, -0.1) is 5.10 Å². The lowest BCUT2D eigenvalue weighted by molar-refractivity contribution is 0.528. The highest BCUT2D eigenvalue weighted by molar-refractivity contribution is 7.99. The molecule has 0 aliphatic heterocycles. The quantitative estimate of drug-likeness (QED) is 0.891. The summed E-state index contributed by atoms with van der Waals surface area (Å²) in [4.78, 5) is 3.93. The van der Waals surface area contributed by atoms with Crippen LogP contribution in [0.1, 0.15) is 25.2 Å². The standard InChI is InChI=1S/C13H16F2N4S/c1-7(2)16-6-9-4-10(14)12(11(15)5-9)20-13-17-8(3)18-19-13/h4-5,7,16H,6H2,1-3H3,(H,17,18,19). The van der Waals surface area contributed by atoms with E-state index in [1.807, 2.05) is 13.8 Å². The maximum absolute atomic E-state index is 14.0. The molecule has 2 N–H and O–H groups in total. The fourth-order valence-corrected chi connectivity index (χ4v) is 2.36. The highest BCUT2D eigenvalue weighted by Crippen LogP contribution is 2.30. The van der Waals surface area contributed by atoms with Crippen LogP contribution in [0.5, 0.6) is 0 Å². The van der Waals surface area contributed by atoms with Gasteiger partial charge in [-0.05, 0) is 36.4 Å². The van der Waals surface area contributed by atoms with Gasteiger partial charge in [-0.2, -0.15) is 0 Å². The third kappa shape index (κ3) is 3.77. The molecule has 1 heterocycles. The number of benzene rings is 1. The SMILES string of the molecule is Cc1nc(Sc2c(F)cc(CNC(C)C)cc2F)n[nH]1. The first kappa shape index (κ1) is 14.9. The van der Waals surface area contributed by atoms with E-state index in [-0.39, 0.29) is 10.9 Å². The van der Waals surface area contributed by atoms with Gasteiger partial charge in [0.05, 0.1) is 4.90 Å². The number of aryl methyl sites for hydroxylation is 1. The van der Waals surface area contributed by atoms with Crippen LogP contribution in [-0.4, -0.2) is 21.2 Å². The number of aromatic amines is 1. The molecule has 0 amide bonds. The zero-order valence-electron chi connectivity index (χ0n) is 11.5. The summed E-state index contributed by atoms with van der Waals surface area (Å²) in [6, 6.07) is 2.92. The van der Waals surface area contributed by atoms with E-state index in [1.54, 1.807) is 6.92 Å². The lowest BCUT2D eigenvalue weighted by Crippen LogP contribution is -2.22. The molecule has 0 saturated heterocycles. The van der Waals surface area contributed by atoms with Crippen LogP contribution < -0.4 is 5.32 Å².